The van der Waals surface area contributed by atoms with Crippen molar-refractivity contribution in [3.8, 4) is 0 Å². The second-order valence-electron chi connectivity index (χ2n) is 4.70. The molecular weight excluding hydrogens is 262 g/mol. The van der Waals surface area contributed by atoms with Crippen LogP contribution < -0.4 is 0 Å². The van der Waals surface area contributed by atoms with E-state index in [0.29, 0.717) is 13.1 Å². The fourth-order valence-corrected chi connectivity index (χ4v) is 2.54. The van der Waals surface area contributed by atoms with Crippen molar-refractivity contribution >= 4 is 11.8 Å². The third-order valence-corrected chi connectivity index (χ3v) is 3.59. The Hall–Kier alpha value is -2.57. The summed E-state index contributed by atoms with van der Waals surface area (Å²) in [4.78, 5) is 24.0. The van der Waals surface area contributed by atoms with Gasteiger partial charge in [-0.15, -0.1) is 0 Å². The minimum atomic E-state index is -0.651. The summed E-state index contributed by atoms with van der Waals surface area (Å²) in [6.45, 7) is 3.19. The maximum absolute atomic E-state index is 12.4. The predicted octanol–water partition coefficient (Wildman–Crippen LogP) is 2.21. The Bertz CT molecular complexity index is 673. The van der Waals surface area contributed by atoms with E-state index in [1.807, 2.05) is 25.3 Å². The molecule has 0 aliphatic carbocycles. The number of carbonyl (C=O) groups is 1. The van der Waals surface area contributed by atoms with Crippen LogP contribution in [-0.4, -0.2) is 26.8 Å². The van der Waals surface area contributed by atoms with Gasteiger partial charge in [-0.3, -0.25) is 14.9 Å². The van der Waals surface area contributed by atoms with E-state index in [9.17, 15) is 14.9 Å². The molecule has 0 spiro atoms. The summed E-state index contributed by atoms with van der Waals surface area (Å²) < 4.78 is 7.08. The summed E-state index contributed by atoms with van der Waals surface area (Å²) in [6.07, 6.45) is 1.98. The molecule has 3 rings (SSSR count). The van der Waals surface area contributed by atoms with Gasteiger partial charge in [0.05, 0.1) is 12.1 Å². The highest BCUT2D eigenvalue weighted by Gasteiger charge is 2.30. The Morgan fingerprint density at radius 1 is 1.40 bits per heavy atom. The number of aromatic nitrogens is 1. The molecule has 2 aromatic heterocycles. The van der Waals surface area contributed by atoms with Crippen molar-refractivity contribution in [3.63, 3.8) is 0 Å². The van der Waals surface area contributed by atoms with Crippen LogP contribution >= 0.6 is 0 Å². The zero-order valence-electron chi connectivity index (χ0n) is 10.9. The van der Waals surface area contributed by atoms with Gasteiger partial charge in [0.1, 0.15) is 4.92 Å². The predicted molar refractivity (Wildman–Crippen MR) is 69.2 cm³/mol. The number of nitro groups is 1. The van der Waals surface area contributed by atoms with E-state index in [0.717, 1.165) is 5.69 Å². The molecule has 0 radical (unpaired) electrons. The number of nitrogens with zero attached hydrogens (tertiary/aromatic N) is 3. The first-order chi connectivity index (χ1) is 9.58. The number of furan rings is 1. The van der Waals surface area contributed by atoms with Gasteiger partial charge < -0.3 is 13.9 Å². The van der Waals surface area contributed by atoms with Crippen molar-refractivity contribution in [2.45, 2.75) is 19.5 Å². The van der Waals surface area contributed by atoms with Gasteiger partial charge in [0.25, 0.3) is 5.91 Å². The molecule has 1 amide bonds. The molecule has 0 bridgehead atoms. The van der Waals surface area contributed by atoms with E-state index in [-0.39, 0.29) is 17.7 Å². The van der Waals surface area contributed by atoms with Crippen molar-refractivity contribution < 1.29 is 14.1 Å². The SMILES string of the molecule is CC1c2cccn2CCN1C(=O)c1ccc([N+](=O)[O-])o1. The molecule has 0 N–H and O–H groups in total. The Labute approximate surface area is 114 Å². The molecule has 0 saturated heterocycles. The normalized spacial score (nSPS) is 17.9. The van der Waals surface area contributed by atoms with Crippen molar-refractivity contribution in [3.05, 3.63) is 52.0 Å². The Morgan fingerprint density at radius 3 is 2.90 bits per heavy atom. The topological polar surface area (TPSA) is 81.5 Å². The van der Waals surface area contributed by atoms with Gasteiger partial charge in [-0.05, 0) is 25.1 Å². The fourth-order valence-electron chi connectivity index (χ4n) is 2.54. The third-order valence-electron chi connectivity index (χ3n) is 3.59. The number of fused-ring (bicyclic) bond motifs is 1. The Balaban J connectivity index is 1.86. The molecule has 1 unspecified atom stereocenters. The van der Waals surface area contributed by atoms with Crippen molar-refractivity contribution in [1.29, 1.82) is 0 Å². The molecule has 104 valence electrons. The number of carbonyl (C=O) groups excluding carboxylic acids is 1. The summed E-state index contributed by atoms with van der Waals surface area (Å²) in [7, 11) is 0. The second kappa shape index (κ2) is 4.52. The fraction of sp³-hybridized carbons (Fsp3) is 0.308. The molecule has 0 saturated carbocycles. The highest BCUT2D eigenvalue weighted by Crippen LogP contribution is 2.28. The summed E-state index contributed by atoms with van der Waals surface area (Å²) in [5.41, 5.74) is 1.05. The smallest absolute Gasteiger partial charge is 0.395 e. The average molecular weight is 275 g/mol. The number of hydrogen-bond donors (Lipinski definition) is 0. The lowest BCUT2D eigenvalue weighted by Gasteiger charge is -2.34. The van der Waals surface area contributed by atoms with Crippen LogP contribution in [0.15, 0.2) is 34.9 Å². The maximum Gasteiger partial charge on any atom is 0.433 e. The quantitative estimate of drug-likeness (QED) is 0.621. The van der Waals surface area contributed by atoms with Gasteiger partial charge in [0.2, 0.25) is 0 Å². The first kappa shape index (κ1) is 12.5. The summed E-state index contributed by atoms with van der Waals surface area (Å²) in [5.74, 6) is -0.733. The van der Waals surface area contributed by atoms with E-state index in [4.69, 9.17) is 4.42 Å². The zero-order valence-corrected chi connectivity index (χ0v) is 10.9. The second-order valence-corrected chi connectivity index (χ2v) is 4.70. The molecule has 1 aliphatic rings. The molecular formula is C13H13N3O4. The lowest BCUT2D eigenvalue weighted by molar-refractivity contribution is -0.402. The molecule has 0 aromatic carbocycles. The molecule has 3 heterocycles. The Morgan fingerprint density at radius 2 is 2.20 bits per heavy atom. The third kappa shape index (κ3) is 1.87. The first-order valence-electron chi connectivity index (χ1n) is 6.28. The first-order valence-corrected chi connectivity index (χ1v) is 6.28. The highest BCUT2D eigenvalue weighted by molar-refractivity contribution is 5.92. The van der Waals surface area contributed by atoms with Crippen molar-refractivity contribution in [2.24, 2.45) is 0 Å². The van der Waals surface area contributed by atoms with Crippen molar-refractivity contribution in [1.82, 2.24) is 9.47 Å². The van der Waals surface area contributed by atoms with Crippen LogP contribution in [0.1, 0.15) is 29.2 Å². The van der Waals surface area contributed by atoms with Crippen LogP contribution in [0.2, 0.25) is 0 Å². The number of rotatable bonds is 2. The lowest BCUT2D eigenvalue weighted by atomic mass is 10.1. The zero-order chi connectivity index (χ0) is 14.3. The van der Waals surface area contributed by atoms with E-state index in [2.05, 4.69) is 4.57 Å². The van der Waals surface area contributed by atoms with E-state index in [1.54, 1.807) is 4.90 Å². The highest BCUT2D eigenvalue weighted by atomic mass is 16.6. The van der Waals surface area contributed by atoms with Crippen LogP contribution in [0.5, 0.6) is 0 Å². The van der Waals surface area contributed by atoms with Crippen LogP contribution in [-0.2, 0) is 6.54 Å². The molecule has 7 nitrogen and oxygen atoms in total. The largest absolute Gasteiger partial charge is 0.433 e. The maximum atomic E-state index is 12.4. The van der Waals surface area contributed by atoms with Gasteiger partial charge in [-0.1, -0.05) is 0 Å². The van der Waals surface area contributed by atoms with Crippen LogP contribution in [0.4, 0.5) is 5.88 Å². The molecule has 1 atom stereocenters. The summed E-state index contributed by atoms with van der Waals surface area (Å²) >= 11 is 0. The standard InChI is InChI=1S/C13H13N3O4/c1-9-10-3-2-6-14(10)7-8-15(9)13(17)11-4-5-12(20-11)16(18)19/h2-6,9H,7-8H2,1H3. The van der Waals surface area contributed by atoms with E-state index >= 15 is 0 Å². The number of hydrogen-bond acceptors (Lipinski definition) is 4. The van der Waals surface area contributed by atoms with Crippen LogP contribution in [0.3, 0.4) is 0 Å². The minimum Gasteiger partial charge on any atom is -0.395 e. The lowest BCUT2D eigenvalue weighted by Crippen LogP contribution is -2.40. The monoisotopic (exact) mass is 275 g/mol. The van der Waals surface area contributed by atoms with Gasteiger partial charge in [-0.25, -0.2) is 0 Å². The molecule has 20 heavy (non-hydrogen) atoms. The molecule has 7 heteroatoms. The molecule has 2 aromatic rings. The van der Waals surface area contributed by atoms with Crippen LogP contribution in [0, 0.1) is 10.1 Å². The van der Waals surface area contributed by atoms with E-state index < -0.39 is 10.8 Å². The number of amides is 1. The molecule has 0 fully saturated rings. The summed E-state index contributed by atoms with van der Waals surface area (Å²) in [5, 5.41) is 10.6. The van der Waals surface area contributed by atoms with Crippen molar-refractivity contribution in [2.75, 3.05) is 6.54 Å². The van der Waals surface area contributed by atoms with Crippen LogP contribution in [0.25, 0.3) is 0 Å². The minimum absolute atomic E-state index is 0.00329. The van der Waals surface area contributed by atoms with Gasteiger partial charge >= 0.3 is 5.88 Å². The Kier molecular flexibility index (Phi) is 2.81. The van der Waals surface area contributed by atoms with Gasteiger partial charge in [0, 0.05) is 25.0 Å². The average Bonchev–Trinajstić information content (AvgIpc) is 3.08. The summed E-state index contributed by atoms with van der Waals surface area (Å²) in [6, 6.07) is 6.37. The van der Waals surface area contributed by atoms with E-state index in [1.165, 1.54) is 12.1 Å². The van der Waals surface area contributed by atoms with Gasteiger partial charge in [0.15, 0.2) is 5.76 Å². The van der Waals surface area contributed by atoms with Gasteiger partial charge in [-0.2, -0.15) is 0 Å². The molecule has 1 aliphatic heterocycles.